The van der Waals surface area contributed by atoms with Gasteiger partial charge in [-0.1, -0.05) is 52.0 Å². The monoisotopic (exact) mass is 223 g/mol. The summed E-state index contributed by atoms with van der Waals surface area (Å²) < 4.78 is 0. The Morgan fingerprint density at radius 3 is 2.06 bits per heavy atom. The van der Waals surface area contributed by atoms with E-state index in [9.17, 15) is 4.79 Å². The second-order valence-electron chi connectivity index (χ2n) is 2.74. The Morgan fingerprint density at radius 1 is 1.12 bits per heavy atom. The minimum Gasteiger partial charge on any atom is -0.316 e. The minimum absolute atomic E-state index is 0.126. The van der Waals surface area contributed by atoms with Gasteiger partial charge in [-0.2, -0.15) is 0 Å². The van der Waals surface area contributed by atoms with Crippen molar-refractivity contribution in [3.63, 3.8) is 0 Å². The van der Waals surface area contributed by atoms with Crippen molar-refractivity contribution in [2.24, 2.45) is 0 Å². The minimum atomic E-state index is 0.126. The quantitative estimate of drug-likeness (QED) is 0.792. The largest absolute Gasteiger partial charge is 0.316 e. The van der Waals surface area contributed by atoms with E-state index in [4.69, 9.17) is 0 Å². The number of rotatable bonds is 3. The maximum absolute atomic E-state index is 11.1. The van der Waals surface area contributed by atoms with Crippen LogP contribution in [0.2, 0.25) is 0 Å². The molecule has 0 bridgehead atoms. The molecule has 0 amide bonds. The van der Waals surface area contributed by atoms with Crippen molar-refractivity contribution in [1.82, 2.24) is 5.32 Å². The van der Waals surface area contributed by atoms with Crippen molar-refractivity contribution >= 4 is 5.78 Å². The molecule has 0 aromatic heterocycles. The summed E-state index contributed by atoms with van der Waals surface area (Å²) in [4.78, 5) is 11.1. The summed E-state index contributed by atoms with van der Waals surface area (Å²) in [6.07, 6.45) is 0. The molecule has 0 spiro atoms. The first-order valence-corrected chi connectivity index (χ1v) is 5.99. The molecule has 1 aromatic rings. The SMILES string of the molecule is CC.CC.CNCc1ccccc1C(C)=O. The Kier molecular flexibility index (Phi) is 12.9. The third kappa shape index (κ3) is 6.36. The summed E-state index contributed by atoms with van der Waals surface area (Å²) in [5.41, 5.74) is 1.87. The Morgan fingerprint density at radius 2 is 1.62 bits per heavy atom. The van der Waals surface area contributed by atoms with Gasteiger partial charge in [-0.25, -0.2) is 0 Å². The van der Waals surface area contributed by atoms with Gasteiger partial charge in [-0.15, -0.1) is 0 Å². The number of nitrogens with one attached hydrogen (secondary N) is 1. The van der Waals surface area contributed by atoms with E-state index in [0.717, 1.165) is 17.7 Å². The van der Waals surface area contributed by atoms with Crippen LogP contribution < -0.4 is 5.32 Å². The Hall–Kier alpha value is -1.15. The number of benzene rings is 1. The van der Waals surface area contributed by atoms with E-state index < -0.39 is 0 Å². The van der Waals surface area contributed by atoms with Gasteiger partial charge < -0.3 is 5.32 Å². The number of hydrogen-bond acceptors (Lipinski definition) is 2. The average molecular weight is 223 g/mol. The van der Waals surface area contributed by atoms with Gasteiger partial charge in [-0.05, 0) is 19.5 Å². The van der Waals surface area contributed by atoms with E-state index in [1.807, 2.05) is 59.0 Å². The molecule has 0 radical (unpaired) electrons. The molecule has 92 valence electrons. The van der Waals surface area contributed by atoms with E-state index in [-0.39, 0.29) is 5.78 Å². The highest BCUT2D eigenvalue weighted by atomic mass is 16.1. The molecule has 0 aliphatic carbocycles. The molecular weight excluding hydrogens is 198 g/mol. The van der Waals surface area contributed by atoms with Crippen LogP contribution in [-0.4, -0.2) is 12.8 Å². The summed E-state index contributed by atoms with van der Waals surface area (Å²) in [6, 6.07) is 7.65. The van der Waals surface area contributed by atoms with Crippen molar-refractivity contribution in [2.45, 2.75) is 41.2 Å². The van der Waals surface area contributed by atoms with Gasteiger partial charge in [0.15, 0.2) is 5.78 Å². The van der Waals surface area contributed by atoms with Crippen LogP contribution in [-0.2, 0) is 6.54 Å². The lowest BCUT2D eigenvalue weighted by Gasteiger charge is -2.04. The Bertz CT molecular complexity index is 282. The Labute approximate surface area is 100 Å². The van der Waals surface area contributed by atoms with E-state index in [0.29, 0.717) is 0 Å². The van der Waals surface area contributed by atoms with Crippen LogP contribution in [0.5, 0.6) is 0 Å². The standard InChI is InChI=1S/C10H13NO.2C2H6/c1-8(12)10-6-4-3-5-9(10)7-11-2;2*1-2/h3-6,11H,7H2,1-2H3;2*1-2H3. The smallest absolute Gasteiger partial charge is 0.160 e. The van der Waals surface area contributed by atoms with E-state index in [1.54, 1.807) is 6.92 Å². The number of hydrogen-bond donors (Lipinski definition) is 1. The normalized spacial score (nSPS) is 8.12. The highest BCUT2D eigenvalue weighted by molar-refractivity contribution is 5.95. The van der Waals surface area contributed by atoms with Gasteiger partial charge >= 0.3 is 0 Å². The first-order chi connectivity index (χ1) is 7.75. The molecule has 0 heterocycles. The van der Waals surface area contributed by atoms with E-state index >= 15 is 0 Å². The van der Waals surface area contributed by atoms with Gasteiger partial charge in [0.25, 0.3) is 0 Å². The molecule has 2 nitrogen and oxygen atoms in total. The molecule has 1 aromatic carbocycles. The van der Waals surface area contributed by atoms with Crippen LogP contribution in [0.15, 0.2) is 24.3 Å². The lowest BCUT2D eigenvalue weighted by Crippen LogP contribution is -2.09. The van der Waals surface area contributed by atoms with Crippen molar-refractivity contribution < 1.29 is 4.79 Å². The topological polar surface area (TPSA) is 29.1 Å². The molecule has 16 heavy (non-hydrogen) atoms. The summed E-state index contributed by atoms with van der Waals surface area (Å²) in [7, 11) is 1.87. The molecule has 0 atom stereocenters. The molecule has 1 rings (SSSR count). The van der Waals surface area contributed by atoms with Crippen LogP contribution in [0.25, 0.3) is 0 Å². The number of carbonyl (C=O) groups is 1. The van der Waals surface area contributed by atoms with E-state index in [1.165, 1.54) is 0 Å². The average Bonchev–Trinajstić information content (AvgIpc) is 2.35. The van der Waals surface area contributed by atoms with Crippen LogP contribution in [0, 0.1) is 0 Å². The molecule has 0 unspecified atom stereocenters. The number of Topliss-reactive ketones (excluding diaryl/α,β-unsaturated/α-hetero) is 1. The molecular formula is C14H25NO. The molecule has 0 aliphatic heterocycles. The van der Waals surface area contributed by atoms with Crippen molar-refractivity contribution in [3.05, 3.63) is 35.4 Å². The first-order valence-electron chi connectivity index (χ1n) is 5.99. The predicted octanol–water partition coefficient (Wildman–Crippen LogP) is 3.66. The van der Waals surface area contributed by atoms with Crippen LogP contribution >= 0.6 is 0 Å². The fourth-order valence-corrected chi connectivity index (χ4v) is 1.21. The van der Waals surface area contributed by atoms with Crippen LogP contribution in [0.4, 0.5) is 0 Å². The van der Waals surface area contributed by atoms with Gasteiger partial charge in [-0.3, -0.25) is 4.79 Å². The maximum Gasteiger partial charge on any atom is 0.160 e. The summed E-state index contributed by atoms with van der Waals surface area (Å²) >= 11 is 0. The zero-order valence-corrected chi connectivity index (χ0v) is 11.4. The zero-order valence-electron chi connectivity index (χ0n) is 11.4. The summed E-state index contributed by atoms with van der Waals surface area (Å²) in [5, 5.41) is 3.03. The zero-order chi connectivity index (χ0) is 13.0. The fraction of sp³-hybridized carbons (Fsp3) is 0.500. The highest BCUT2D eigenvalue weighted by Crippen LogP contribution is 2.08. The third-order valence-corrected chi connectivity index (χ3v) is 1.76. The molecule has 1 N–H and O–H groups in total. The number of ketones is 1. The van der Waals surface area contributed by atoms with Crippen LogP contribution in [0.1, 0.15) is 50.5 Å². The van der Waals surface area contributed by atoms with Crippen molar-refractivity contribution in [3.8, 4) is 0 Å². The van der Waals surface area contributed by atoms with Crippen molar-refractivity contribution in [2.75, 3.05) is 7.05 Å². The second-order valence-corrected chi connectivity index (χ2v) is 2.74. The van der Waals surface area contributed by atoms with E-state index in [2.05, 4.69) is 5.32 Å². The predicted molar refractivity (Wildman–Crippen MR) is 71.9 cm³/mol. The third-order valence-electron chi connectivity index (χ3n) is 1.76. The summed E-state index contributed by atoms with van der Waals surface area (Å²) in [5.74, 6) is 0.126. The first kappa shape index (κ1) is 17.3. The summed E-state index contributed by atoms with van der Waals surface area (Å²) in [6.45, 7) is 10.3. The van der Waals surface area contributed by atoms with Crippen LogP contribution in [0.3, 0.4) is 0 Å². The molecule has 0 fully saturated rings. The van der Waals surface area contributed by atoms with Gasteiger partial charge in [0.2, 0.25) is 0 Å². The van der Waals surface area contributed by atoms with Gasteiger partial charge in [0.1, 0.15) is 0 Å². The molecule has 0 saturated carbocycles. The molecule has 0 saturated heterocycles. The highest BCUT2D eigenvalue weighted by Gasteiger charge is 2.03. The van der Waals surface area contributed by atoms with Gasteiger partial charge in [0.05, 0.1) is 0 Å². The lowest BCUT2D eigenvalue weighted by atomic mass is 10.0. The molecule has 2 heteroatoms. The Balaban J connectivity index is 0. The second kappa shape index (κ2) is 11.9. The fourth-order valence-electron chi connectivity index (χ4n) is 1.21. The lowest BCUT2D eigenvalue weighted by molar-refractivity contribution is 0.101. The maximum atomic E-state index is 11.1. The van der Waals surface area contributed by atoms with Gasteiger partial charge in [0, 0.05) is 12.1 Å². The molecule has 0 aliphatic rings. The van der Waals surface area contributed by atoms with Crippen molar-refractivity contribution in [1.29, 1.82) is 0 Å². The number of carbonyl (C=O) groups excluding carboxylic acids is 1.